The van der Waals surface area contributed by atoms with Crippen LogP contribution in [0.15, 0.2) is 66.3 Å². The zero-order chi connectivity index (χ0) is 16.4. The van der Waals surface area contributed by atoms with Crippen LogP contribution in [0.2, 0.25) is 5.02 Å². The van der Waals surface area contributed by atoms with Gasteiger partial charge in [0.05, 0.1) is 5.69 Å². The van der Waals surface area contributed by atoms with Gasteiger partial charge in [-0.15, -0.1) is 11.3 Å². The topological polar surface area (TPSA) is 53.6 Å². The molecule has 0 aliphatic heterocycles. The number of nitrogens with one attached hydrogen (secondary N) is 2. The summed E-state index contributed by atoms with van der Waals surface area (Å²) in [7, 11) is 0. The molecule has 4 aromatic rings. The fourth-order valence-electron chi connectivity index (χ4n) is 2.38. The number of nitrogens with zero attached hydrogens (tertiary/aromatic N) is 2. The molecule has 0 amide bonds. The van der Waals surface area contributed by atoms with E-state index in [0.717, 1.165) is 38.5 Å². The average Bonchev–Trinajstić information content (AvgIpc) is 3.28. The van der Waals surface area contributed by atoms with Gasteiger partial charge in [0.15, 0.2) is 5.13 Å². The van der Waals surface area contributed by atoms with Crippen molar-refractivity contribution in [1.29, 1.82) is 0 Å². The van der Waals surface area contributed by atoms with Crippen molar-refractivity contribution < 1.29 is 0 Å². The lowest BCUT2D eigenvalue weighted by atomic mass is 10.2. The summed E-state index contributed by atoms with van der Waals surface area (Å²) < 4.78 is 0. The number of hydrogen-bond acceptors (Lipinski definition) is 4. The molecule has 4 rings (SSSR count). The molecule has 0 bridgehead atoms. The number of rotatable bonds is 4. The zero-order valence-electron chi connectivity index (χ0n) is 12.5. The highest BCUT2D eigenvalue weighted by atomic mass is 35.5. The number of H-pyrrole nitrogens is 1. The molecule has 0 radical (unpaired) electrons. The van der Waals surface area contributed by atoms with Crippen molar-refractivity contribution in [2.75, 3.05) is 5.32 Å². The van der Waals surface area contributed by atoms with E-state index in [9.17, 15) is 0 Å². The zero-order valence-corrected chi connectivity index (χ0v) is 14.1. The minimum atomic E-state index is 0.724. The van der Waals surface area contributed by atoms with Crippen LogP contribution in [0.25, 0.3) is 22.6 Å². The molecule has 0 saturated heterocycles. The van der Waals surface area contributed by atoms with Crippen molar-refractivity contribution in [3.8, 4) is 22.6 Å². The van der Waals surface area contributed by atoms with E-state index in [1.54, 1.807) is 17.5 Å². The van der Waals surface area contributed by atoms with Gasteiger partial charge >= 0.3 is 0 Å². The average molecular weight is 353 g/mol. The van der Waals surface area contributed by atoms with Gasteiger partial charge in [-0.3, -0.25) is 0 Å². The molecule has 2 aromatic carbocycles. The number of anilines is 2. The molecule has 0 atom stereocenters. The highest BCUT2D eigenvalue weighted by Crippen LogP contribution is 2.29. The summed E-state index contributed by atoms with van der Waals surface area (Å²) in [6, 6.07) is 15.8. The quantitative estimate of drug-likeness (QED) is 0.502. The summed E-state index contributed by atoms with van der Waals surface area (Å²) in [6.07, 6.45) is 3.56. The van der Waals surface area contributed by atoms with E-state index in [1.807, 2.05) is 60.1 Å². The normalized spacial score (nSPS) is 10.7. The molecule has 24 heavy (non-hydrogen) atoms. The first-order valence-electron chi connectivity index (χ1n) is 7.36. The summed E-state index contributed by atoms with van der Waals surface area (Å²) in [5, 5.41) is 6.95. The van der Waals surface area contributed by atoms with E-state index < -0.39 is 0 Å². The van der Waals surface area contributed by atoms with Crippen LogP contribution in [0.4, 0.5) is 10.8 Å². The Labute approximate surface area is 148 Å². The molecule has 0 unspecified atom stereocenters. The van der Waals surface area contributed by atoms with E-state index >= 15 is 0 Å². The maximum Gasteiger partial charge on any atom is 0.187 e. The number of hydrogen-bond donors (Lipinski definition) is 2. The third kappa shape index (κ3) is 3.18. The lowest BCUT2D eigenvalue weighted by Gasteiger charge is -2.04. The van der Waals surface area contributed by atoms with Crippen LogP contribution in [0, 0.1) is 0 Å². The Hall–Kier alpha value is -2.63. The second-order valence-corrected chi connectivity index (χ2v) is 6.48. The van der Waals surface area contributed by atoms with E-state index in [1.165, 1.54) is 0 Å². The van der Waals surface area contributed by atoms with Gasteiger partial charge in [-0.05, 0) is 24.3 Å². The predicted molar refractivity (Wildman–Crippen MR) is 99.9 cm³/mol. The van der Waals surface area contributed by atoms with Crippen LogP contribution >= 0.6 is 22.9 Å². The van der Waals surface area contributed by atoms with E-state index in [0.29, 0.717) is 0 Å². The Morgan fingerprint density at radius 1 is 1.04 bits per heavy atom. The first-order valence-corrected chi connectivity index (χ1v) is 8.62. The Morgan fingerprint density at radius 3 is 2.71 bits per heavy atom. The van der Waals surface area contributed by atoms with Crippen molar-refractivity contribution in [2.45, 2.75) is 0 Å². The van der Waals surface area contributed by atoms with Gasteiger partial charge in [0.25, 0.3) is 0 Å². The van der Waals surface area contributed by atoms with Crippen LogP contribution in [0.1, 0.15) is 0 Å². The molecular formula is C18H13ClN4S. The van der Waals surface area contributed by atoms with Crippen LogP contribution in [-0.2, 0) is 0 Å². The van der Waals surface area contributed by atoms with Crippen LogP contribution in [0.5, 0.6) is 0 Å². The summed E-state index contributed by atoms with van der Waals surface area (Å²) in [5.74, 6) is 0.847. The predicted octanol–water partition coefficient (Wildman–Crippen LogP) is 5.60. The number of benzene rings is 2. The molecule has 4 nitrogen and oxygen atoms in total. The molecule has 2 N–H and O–H groups in total. The second kappa shape index (κ2) is 6.47. The molecule has 0 fully saturated rings. The third-order valence-corrected chi connectivity index (χ3v) is 4.54. The van der Waals surface area contributed by atoms with Gasteiger partial charge < -0.3 is 10.3 Å². The van der Waals surface area contributed by atoms with Crippen molar-refractivity contribution in [2.24, 2.45) is 0 Å². The smallest absolute Gasteiger partial charge is 0.187 e. The third-order valence-electron chi connectivity index (χ3n) is 3.53. The molecule has 0 aliphatic rings. The van der Waals surface area contributed by atoms with E-state index in [-0.39, 0.29) is 0 Å². The number of aromatic nitrogens is 3. The van der Waals surface area contributed by atoms with Crippen LogP contribution in [0.3, 0.4) is 0 Å². The Bertz CT molecular complexity index is 945. The van der Waals surface area contributed by atoms with Crippen molar-refractivity contribution in [3.63, 3.8) is 0 Å². The van der Waals surface area contributed by atoms with Gasteiger partial charge in [-0.25, -0.2) is 9.97 Å². The van der Waals surface area contributed by atoms with Gasteiger partial charge in [-0.2, -0.15) is 0 Å². The molecule has 0 spiro atoms. The minimum absolute atomic E-state index is 0.724. The molecule has 0 aliphatic carbocycles. The number of thiazole rings is 1. The van der Waals surface area contributed by atoms with Crippen LogP contribution < -0.4 is 5.32 Å². The molecule has 118 valence electrons. The maximum atomic E-state index is 5.93. The number of imidazole rings is 1. The van der Waals surface area contributed by atoms with Gasteiger partial charge in [0.2, 0.25) is 0 Å². The van der Waals surface area contributed by atoms with E-state index in [2.05, 4.69) is 20.3 Å². The fourth-order valence-corrected chi connectivity index (χ4v) is 3.24. The SMILES string of the molecule is Clc1ccc(-c2csc(Nc3cccc(-c4ncc[nH]4)c3)n2)cc1. The Morgan fingerprint density at radius 2 is 1.92 bits per heavy atom. The first kappa shape index (κ1) is 14.9. The summed E-state index contributed by atoms with van der Waals surface area (Å²) in [5.41, 5.74) is 3.98. The van der Waals surface area contributed by atoms with E-state index in [4.69, 9.17) is 11.6 Å². The standard InChI is InChI=1S/C18H13ClN4S/c19-14-6-4-12(5-7-14)16-11-24-18(23-16)22-15-3-1-2-13(10-15)17-20-8-9-21-17/h1-11H,(H,20,21)(H,22,23). The number of halogens is 1. The summed E-state index contributed by atoms with van der Waals surface area (Å²) in [4.78, 5) is 12.0. The monoisotopic (exact) mass is 352 g/mol. The van der Waals surface area contributed by atoms with Gasteiger partial charge in [0, 0.05) is 39.6 Å². The van der Waals surface area contributed by atoms with Crippen LogP contribution in [-0.4, -0.2) is 15.0 Å². The Kier molecular flexibility index (Phi) is 4.02. The van der Waals surface area contributed by atoms with Crippen molar-refractivity contribution in [1.82, 2.24) is 15.0 Å². The summed E-state index contributed by atoms with van der Waals surface area (Å²) >= 11 is 7.50. The van der Waals surface area contributed by atoms with Crippen molar-refractivity contribution in [3.05, 3.63) is 71.3 Å². The molecule has 2 aromatic heterocycles. The Balaban J connectivity index is 1.56. The maximum absolute atomic E-state index is 5.93. The largest absolute Gasteiger partial charge is 0.345 e. The van der Waals surface area contributed by atoms with Gasteiger partial charge in [-0.1, -0.05) is 35.9 Å². The number of aromatic amines is 1. The summed E-state index contributed by atoms with van der Waals surface area (Å²) in [6.45, 7) is 0. The second-order valence-electron chi connectivity index (χ2n) is 5.19. The lowest BCUT2D eigenvalue weighted by Crippen LogP contribution is -1.90. The van der Waals surface area contributed by atoms with Gasteiger partial charge in [0.1, 0.15) is 5.82 Å². The fraction of sp³-hybridized carbons (Fsp3) is 0. The van der Waals surface area contributed by atoms with Crippen molar-refractivity contribution >= 4 is 33.8 Å². The first-order chi connectivity index (χ1) is 11.8. The highest BCUT2D eigenvalue weighted by Gasteiger charge is 2.06. The molecule has 2 heterocycles. The minimum Gasteiger partial charge on any atom is -0.345 e. The highest BCUT2D eigenvalue weighted by molar-refractivity contribution is 7.14. The molecule has 0 saturated carbocycles. The molecule has 6 heteroatoms. The lowest BCUT2D eigenvalue weighted by molar-refractivity contribution is 1.31. The molecular weight excluding hydrogens is 340 g/mol.